The molecule has 0 bridgehead atoms. The monoisotopic (exact) mass is 478 g/mol. The molecule has 4 N–H and O–H groups in total. The predicted octanol–water partition coefficient (Wildman–Crippen LogP) is 2.35. The van der Waals surface area contributed by atoms with Gasteiger partial charge in [-0.2, -0.15) is 0 Å². The molecule has 0 amide bonds. The Balaban J connectivity index is 1.82. The topological polar surface area (TPSA) is 132 Å². The lowest BCUT2D eigenvalue weighted by Crippen LogP contribution is -2.75. The molecule has 192 valence electrons. The van der Waals surface area contributed by atoms with Crippen molar-refractivity contribution in [2.45, 2.75) is 115 Å². The zero-order chi connectivity index (χ0) is 25.7. The molecule has 4 unspecified atom stereocenters. The third-order valence-corrected chi connectivity index (χ3v) is 11.8. The van der Waals surface area contributed by atoms with Crippen molar-refractivity contribution >= 4 is 17.3 Å². The molecule has 0 saturated heterocycles. The third-order valence-electron chi connectivity index (χ3n) is 11.8. The Morgan fingerprint density at radius 2 is 1.44 bits per heavy atom. The summed E-state index contributed by atoms with van der Waals surface area (Å²) in [7, 11) is 0. The van der Waals surface area contributed by atoms with Crippen LogP contribution in [0.15, 0.2) is 0 Å². The predicted molar refractivity (Wildman–Crippen MR) is 125 cm³/mol. The first-order valence-electron chi connectivity index (χ1n) is 12.8. The van der Waals surface area contributed by atoms with Gasteiger partial charge in [0.25, 0.3) is 0 Å². The van der Waals surface area contributed by atoms with Crippen LogP contribution in [0.5, 0.6) is 0 Å². The molecular weight excluding hydrogens is 436 g/mol. The number of carbonyl (C=O) groups is 3. The molecule has 4 fully saturated rings. The lowest BCUT2D eigenvalue weighted by molar-refractivity contribution is -0.286. The summed E-state index contributed by atoms with van der Waals surface area (Å²) < 4.78 is 0. The second-order valence-corrected chi connectivity index (χ2v) is 12.8. The van der Waals surface area contributed by atoms with Gasteiger partial charge in [0, 0.05) is 11.3 Å². The van der Waals surface area contributed by atoms with E-state index in [0.717, 1.165) is 6.42 Å². The lowest BCUT2D eigenvalue weighted by atomic mass is 9.38. The summed E-state index contributed by atoms with van der Waals surface area (Å²) in [4.78, 5) is 37.8. The molecule has 0 aromatic carbocycles. The van der Waals surface area contributed by atoms with Gasteiger partial charge < -0.3 is 20.4 Å². The highest BCUT2D eigenvalue weighted by atomic mass is 16.3. The Bertz CT molecular complexity index is 928. The number of ketones is 3. The van der Waals surface area contributed by atoms with Gasteiger partial charge in [-0.1, -0.05) is 13.8 Å². The van der Waals surface area contributed by atoms with Crippen LogP contribution in [-0.2, 0) is 14.4 Å². The van der Waals surface area contributed by atoms with Crippen LogP contribution in [0.3, 0.4) is 0 Å². The van der Waals surface area contributed by atoms with Gasteiger partial charge >= 0.3 is 0 Å². The van der Waals surface area contributed by atoms with Crippen LogP contribution in [0.2, 0.25) is 0 Å². The second kappa shape index (κ2) is 7.44. The Morgan fingerprint density at radius 1 is 0.824 bits per heavy atom. The molecule has 4 saturated carbocycles. The number of carbonyl (C=O) groups excluding carboxylic acids is 3. The van der Waals surface area contributed by atoms with Crippen LogP contribution in [0.25, 0.3) is 0 Å². The number of aliphatic hydroxyl groups is 4. The quantitative estimate of drug-likeness (QED) is 0.488. The first-order valence-corrected chi connectivity index (χ1v) is 12.8. The molecule has 4 aliphatic rings. The second-order valence-electron chi connectivity index (χ2n) is 12.8. The van der Waals surface area contributed by atoms with Crippen LogP contribution < -0.4 is 0 Å². The molecule has 0 aromatic heterocycles. The van der Waals surface area contributed by atoms with Crippen molar-refractivity contribution in [3.8, 4) is 0 Å². The molecule has 0 radical (unpaired) electrons. The molecule has 0 spiro atoms. The third kappa shape index (κ3) is 2.93. The van der Waals surface area contributed by atoms with Crippen molar-refractivity contribution < 1.29 is 34.8 Å². The van der Waals surface area contributed by atoms with E-state index in [4.69, 9.17) is 0 Å². The summed E-state index contributed by atoms with van der Waals surface area (Å²) in [6.07, 6.45) is 3.42. The van der Waals surface area contributed by atoms with Crippen LogP contribution in [0, 0.1) is 34.5 Å². The van der Waals surface area contributed by atoms with Crippen molar-refractivity contribution in [1.82, 2.24) is 0 Å². The summed E-state index contributed by atoms with van der Waals surface area (Å²) in [6.45, 7) is 9.33. The van der Waals surface area contributed by atoms with Gasteiger partial charge in [-0.25, -0.2) is 0 Å². The average molecular weight is 479 g/mol. The summed E-state index contributed by atoms with van der Waals surface area (Å²) in [6, 6.07) is 0. The van der Waals surface area contributed by atoms with Gasteiger partial charge in [0.15, 0.2) is 17.3 Å². The summed E-state index contributed by atoms with van der Waals surface area (Å²) in [5, 5.41) is 46.8. The van der Waals surface area contributed by atoms with Crippen LogP contribution in [0.1, 0.15) is 92.9 Å². The van der Waals surface area contributed by atoms with E-state index in [1.54, 1.807) is 6.92 Å². The molecular formula is C27H42O7. The molecule has 0 heterocycles. The Morgan fingerprint density at radius 3 is 1.97 bits per heavy atom. The minimum absolute atomic E-state index is 0.0399. The van der Waals surface area contributed by atoms with Gasteiger partial charge in [0.2, 0.25) is 0 Å². The van der Waals surface area contributed by atoms with E-state index in [2.05, 4.69) is 6.92 Å². The van der Waals surface area contributed by atoms with E-state index < -0.39 is 45.3 Å². The maximum absolute atomic E-state index is 13.2. The molecule has 7 nitrogen and oxygen atoms in total. The zero-order valence-electron chi connectivity index (χ0n) is 21.5. The fraction of sp³-hybridized carbons (Fsp3) is 0.889. The Labute approximate surface area is 202 Å². The highest BCUT2D eigenvalue weighted by Crippen LogP contribution is 2.73. The van der Waals surface area contributed by atoms with Crippen LogP contribution in [0.4, 0.5) is 0 Å². The number of Topliss-reactive ketones (excluding diaryl/α,β-unsaturated/α-hetero) is 3. The number of rotatable bonds is 4. The molecule has 4 aliphatic carbocycles. The van der Waals surface area contributed by atoms with Crippen molar-refractivity contribution in [2.75, 3.05) is 0 Å². The van der Waals surface area contributed by atoms with E-state index in [1.807, 2.05) is 0 Å². The van der Waals surface area contributed by atoms with Gasteiger partial charge in [-0.3, -0.25) is 14.4 Å². The van der Waals surface area contributed by atoms with Gasteiger partial charge in [-0.15, -0.1) is 0 Å². The maximum atomic E-state index is 13.2. The largest absolute Gasteiger partial charge is 0.389 e. The van der Waals surface area contributed by atoms with Crippen LogP contribution >= 0.6 is 0 Å². The Kier molecular flexibility index (Phi) is 5.67. The molecule has 7 heteroatoms. The van der Waals surface area contributed by atoms with E-state index in [9.17, 15) is 34.8 Å². The van der Waals surface area contributed by atoms with Gasteiger partial charge in [0.05, 0.1) is 5.60 Å². The van der Waals surface area contributed by atoms with E-state index >= 15 is 0 Å². The van der Waals surface area contributed by atoms with E-state index in [0.29, 0.717) is 38.5 Å². The van der Waals surface area contributed by atoms with E-state index in [-0.39, 0.29) is 35.4 Å². The molecule has 4 rings (SSSR count). The molecule has 34 heavy (non-hydrogen) atoms. The smallest absolute Gasteiger partial charge is 0.161 e. The number of fused-ring (bicyclic) bond motifs is 5. The lowest BCUT2D eigenvalue weighted by Gasteiger charge is -2.68. The minimum atomic E-state index is -1.91. The Hall–Kier alpha value is -1.15. The number of hydrogen-bond acceptors (Lipinski definition) is 7. The van der Waals surface area contributed by atoms with Crippen molar-refractivity contribution in [3.63, 3.8) is 0 Å². The summed E-state index contributed by atoms with van der Waals surface area (Å²) in [5.74, 6) is -2.25. The average Bonchev–Trinajstić information content (AvgIpc) is 3.02. The fourth-order valence-electron chi connectivity index (χ4n) is 9.21. The van der Waals surface area contributed by atoms with Gasteiger partial charge in [-0.05, 0) is 102 Å². The van der Waals surface area contributed by atoms with Crippen molar-refractivity contribution in [2.24, 2.45) is 34.5 Å². The normalized spacial score (nSPS) is 52.1. The first kappa shape index (κ1) is 25.9. The fourth-order valence-corrected chi connectivity index (χ4v) is 9.21. The highest BCUT2D eigenvalue weighted by Gasteiger charge is 2.78. The summed E-state index contributed by atoms with van der Waals surface area (Å²) in [5.41, 5.74) is -8.20. The zero-order valence-corrected chi connectivity index (χ0v) is 21.5. The van der Waals surface area contributed by atoms with E-state index in [1.165, 1.54) is 27.7 Å². The highest BCUT2D eigenvalue weighted by molar-refractivity contribution is 5.88. The van der Waals surface area contributed by atoms with Crippen molar-refractivity contribution in [1.29, 1.82) is 0 Å². The maximum Gasteiger partial charge on any atom is 0.161 e. The standard InChI is InChI=1S/C27H42O7/c1-15(28)23(5,31)21-9-10-26(33)19-8-7-18-13-25(32,16(2)29)12-11-22(18,4)20(19)14-27(34,17(3)30)24(21,26)6/h18-21,31-34H,7-14H2,1-6H3/t18?,19-,20+,21-,22+,23?,24-,25?,26-,27?/m1/s1. The molecule has 0 aromatic rings. The summed E-state index contributed by atoms with van der Waals surface area (Å²) >= 11 is 0. The number of hydrogen-bond donors (Lipinski definition) is 4. The minimum Gasteiger partial charge on any atom is -0.389 e. The van der Waals surface area contributed by atoms with Gasteiger partial charge in [0.1, 0.15) is 16.8 Å². The first-order chi connectivity index (χ1) is 15.4. The van der Waals surface area contributed by atoms with Crippen molar-refractivity contribution in [3.05, 3.63) is 0 Å². The molecule has 10 atom stereocenters. The molecule has 0 aliphatic heterocycles. The van der Waals surface area contributed by atoms with Crippen LogP contribution in [-0.4, -0.2) is 60.2 Å². The SMILES string of the molecule is CC(=O)C1(O)CC[C@@]2(C)C(CC[C@@H]3[C@@H]2CC(O)(C(C)=O)[C@]2(C)[C@@H](C(C)(O)C(C)=O)CC[C@@]32O)C1.